The molecule has 1 aliphatic heterocycles. The highest BCUT2D eigenvalue weighted by atomic mass is 35.5. The smallest absolute Gasteiger partial charge is 0.0831 e. The average Bonchev–Trinajstić information content (AvgIpc) is 3.20. The number of halogens is 1. The summed E-state index contributed by atoms with van der Waals surface area (Å²) in [5, 5.41) is 8.70. The number of hydrogen-bond acceptors (Lipinski definition) is 3. The fourth-order valence-electron chi connectivity index (χ4n) is 2.78. The van der Waals surface area contributed by atoms with E-state index in [1.54, 1.807) is 6.20 Å². The van der Waals surface area contributed by atoms with Gasteiger partial charge in [0.2, 0.25) is 0 Å². The van der Waals surface area contributed by atoms with Gasteiger partial charge in [-0.25, -0.2) is 0 Å². The molecular formula is C14H23ClN4. The van der Waals surface area contributed by atoms with Crippen molar-refractivity contribution >= 4 is 11.6 Å². The van der Waals surface area contributed by atoms with Crippen LogP contribution in [0.5, 0.6) is 0 Å². The Hall–Kier alpha value is -0.580. The van der Waals surface area contributed by atoms with Gasteiger partial charge in [0.1, 0.15) is 0 Å². The van der Waals surface area contributed by atoms with Crippen molar-refractivity contribution in [3.05, 3.63) is 16.9 Å². The number of likely N-dealkylation sites (tertiary alicyclic amines) is 1. The zero-order valence-corrected chi connectivity index (χ0v) is 12.4. The summed E-state index contributed by atoms with van der Waals surface area (Å²) < 4.78 is 1.89. The van der Waals surface area contributed by atoms with E-state index in [1.807, 2.05) is 11.7 Å². The van der Waals surface area contributed by atoms with Crippen molar-refractivity contribution < 1.29 is 0 Å². The monoisotopic (exact) mass is 282 g/mol. The van der Waals surface area contributed by atoms with Crippen molar-refractivity contribution in [2.24, 2.45) is 13.0 Å². The SMILES string of the molecule is Cn1ncc(Cl)c1CN1CCC(NCC2CC2)CC1. The third kappa shape index (κ3) is 3.50. The average molecular weight is 283 g/mol. The van der Waals surface area contributed by atoms with E-state index >= 15 is 0 Å². The molecule has 1 aliphatic carbocycles. The lowest BCUT2D eigenvalue weighted by atomic mass is 10.0. The summed E-state index contributed by atoms with van der Waals surface area (Å²) in [4.78, 5) is 2.48. The molecular weight excluding hydrogens is 260 g/mol. The Bertz CT molecular complexity index is 400. The van der Waals surface area contributed by atoms with Crippen molar-refractivity contribution in [1.82, 2.24) is 20.0 Å². The first kappa shape index (κ1) is 13.4. The summed E-state index contributed by atoms with van der Waals surface area (Å²) >= 11 is 6.16. The minimum atomic E-state index is 0.721. The highest BCUT2D eigenvalue weighted by Gasteiger charge is 2.24. The molecule has 5 heteroatoms. The first-order valence-electron chi connectivity index (χ1n) is 7.34. The highest BCUT2D eigenvalue weighted by Crippen LogP contribution is 2.28. The number of rotatable bonds is 5. The Morgan fingerprint density at radius 3 is 2.63 bits per heavy atom. The molecule has 4 nitrogen and oxygen atoms in total. The Balaban J connectivity index is 1.44. The maximum absolute atomic E-state index is 6.16. The van der Waals surface area contributed by atoms with Crippen LogP contribution in [0.25, 0.3) is 0 Å². The van der Waals surface area contributed by atoms with E-state index in [9.17, 15) is 0 Å². The van der Waals surface area contributed by atoms with Gasteiger partial charge in [-0.3, -0.25) is 9.58 Å². The molecule has 0 unspecified atom stereocenters. The largest absolute Gasteiger partial charge is 0.314 e. The number of nitrogens with zero attached hydrogens (tertiary/aromatic N) is 3. The van der Waals surface area contributed by atoms with Gasteiger partial charge < -0.3 is 5.32 Å². The molecule has 2 heterocycles. The van der Waals surface area contributed by atoms with Gasteiger partial charge in [-0.2, -0.15) is 5.10 Å². The molecule has 106 valence electrons. The lowest BCUT2D eigenvalue weighted by Gasteiger charge is -2.32. The van der Waals surface area contributed by atoms with Crippen LogP contribution in [0.1, 0.15) is 31.4 Å². The van der Waals surface area contributed by atoms with E-state index in [1.165, 1.54) is 32.2 Å². The summed E-state index contributed by atoms with van der Waals surface area (Å²) in [7, 11) is 1.96. The molecule has 1 saturated carbocycles. The lowest BCUT2D eigenvalue weighted by molar-refractivity contribution is 0.186. The van der Waals surface area contributed by atoms with Crippen LogP contribution < -0.4 is 5.32 Å². The Morgan fingerprint density at radius 1 is 1.32 bits per heavy atom. The quantitative estimate of drug-likeness (QED) is 0.897. The topological polar surface area (TPSA) is 33.1 Å². The van der Waals surface area contributed by atoms with Gasteiger partial charge in [0, 0.05) is 32.7 Å². The fraction of sp³-hybridized carbons (Fsp3) is 0.786. The van der Waals surface area contributed by atoms with Crippen LogP contribution >= 0.6 is 11.6 Å². The maximum atomic E-state index is 6.16. The van der Waals surface area contributed by atoms with Crippen molar-refractivity contribution in [3.8, 4) is 0 Å². The number of nitrogens with one attached hydrogen (secondary N) is 1. The molecule has 1 saturated heterocycles. The molecule has 1 aromatic heterocycles. The number of piperidine rings is 1. The van der Waals surface area contributed by atoms with Crippen molar-refractivity contribution in [1.29, 1.82) is 0 Å². The second-order valence-electron chi connectivity index (χ2n) is 5.96. The Kier molecular flexibility index (Phi) is 4.10. The molecule has 1 N–H and O–H groups in total. The van der Waals surface area contributed by atoms with Crippen LogP contribution in [0.2, 0.25) is 5.02 Å². The third-order valence-corrected chi connectivity index (χ3v) is 4.68. The molecule has 2 aliphatic rings. The number of aromatic nitrogens is 2. The summed E-state index contributed by atoms with van der Waals surface area (Å²) in [6.45, 7) is 4.47. The summed E-state index contributed by atoms with van der Waals surface area (Å²) in [5.41, 5.74) is 1.13. The lowest BCUT2D eigenvalue weighted by Crippen LogP contribution is -2.42. The molecule has 0 radical (unpaired) electrons. The van der Waals surface area contributed by atoms with Crippen LogP contribution in [0.3, 0.4) is 0 Å². The fourth-order valence-corrected chi connectivity index (χ4v) is 3.00. The second kappa shape index (κ2) is 5.81. The molecule has 3 rings (SSSR count). The predicted molar refractivity (Wildman–Crippen MR) is 77.2 cm³/mol. The predicted octanol–water partition coefficient (Wildman–Crippen LogP) is 2.04. The minimum Gasteiger partial charge on any atom is -0.314 e. The third-order valence-electron chi connectivity index (χ3n) is 4.36. The van der Waals surface area contributed by atoms with Crippen molar-refractivity contribution in [2.75, 3.05) is 19.6 Å². The van der Waals surface area contributed by atoms with Gasteiger partial charge in [0.25, 0.3) is 0 Å². The summed E-state index contributed by atoms with van der Waals surface area (Å²) in [5.74, 6) is 0.978. The van der Waals surface area contributed by atoms with Crippen LogP contribution in [0.15, 0.2) is 6.20 Å². The second-order valence-corrected chi connectivity index (χ2v) is 6.37. The zero-order valence-electron chi connectivity index (χ0n) is 11.6. The first-order valence-corrected chi connectivity index (χ1v) is 7.72. The molecule has 0 aromatic carbocycles. The van der Waals surface area contributed by atoms with E-state index in [2.05, 4.69) is 15.3 Å². The van der Waals surface area contributed by atoms with Crippen LogP contribution in [-0.4, -0.2) is 40.4 Å². The molecule has 19 heavy (non-hydrogen) atoms. The van der Waals surface area contributed by atoms with Crippen LogP contribution in [0, 0.1) is 5.92 Å². The molecule has 0 atom stereocenters. The molecule has 1 aromatic rings. The van der Waals surface area contributed by atoms with Crippen molar-refractivity contribution in [2.45, 2.75) is 38.3 Å². The maximum Gasteiger partial charge on any atom is 0.0831 e. The minimum absolute atomic E-state index is 0.721. The zero-order chi connectivity index (χ0) is 13.2. The summed E-state index contributed by atoms with van der Waals surface area (Å²) in [6, 6.07) is 0.721. The number of hydrogen-bond donors (Lipinski definition) is 1. The van der Waals surface area contributed by atoms with Crippen LogP contribution in [-0.2, 0) is 13.6 Å². The van der Waals surface area contributed by atoms with Crippen LogP contribution in [0.4, 0.5) is 0 Å². The van der Waals surface area contributed by atoms with E-state index in [4.69, 9.17) is 11.6 Å². The normalized spacial score (nSPS) is 22.0. The van der Waals surface area contributed by atoms with E-state index < -0.39 is 0 Å². The highest BCUT2D eigenvalue weighted by molar-refractivity contribution is 6.31. The molecule has 0 spiro atoms. The van der Waals surface area contributed by atoms with Gasteiger partial charge in [0.05, 0.1) is 16.9 Å². The molecule has 2 fully saturated rings. The van der Waals surface area contributed by atoms with Gasteiger partial charge >= 0.3 is 0 Å². The van der Waals surface area contributed by atoms with E-state index in [0.717, 1.165) is 42.3 Å². The van der Waals surface area contributed by atoms with Gasteiger partial charge in [0.15, 0.2) is 0 Å². The van der Waals surface area contributed by atoms with E-state index in [0.29, 0.717) is 0 Å². The Labute approximate surface area is 120 Å². The summed E-state index contributed by atoms with van der Waals surface area (Å²) in [6.07, 6.45) is 7.11. The van der Waals surface area contributed by atoms with E-state index in [-0.39, 0.29) is 0 Å². The van der Waals surface area contributed by atoms with Gasteiger partial charge in [-0.1, -0.05) is 11.6 Å². The molecule has 0 bridgehead atoms. The molecule has 0 amide bonds. The van der Waals surface area contributed by atoms with Crippen molar-refractivity contribution in [3.63, 3.8) is 0 Å². The van der Waals surface area contributed by atoms with Gasteiger partial charge in [-0.15, -0.1) is 0 Å². The first-order chi connectivity index (χ1) is 9.22. The standard InChI is InChI=1S/C14H23ClN4/c1-18-14(13(15)9-17-18)10-19-6-4-12(5-7-19)16-8-11-2-3-11/h9,11-12,16H,2-8,10H2,1H3. The Morgan fingerprint density at radius 2 is 2.05 bits per heavy atom. The van der Waals surface area contributed by atoms with Gasteiger partial charge in [-0.05, 0) is 38.1 Å². The number of aryl methyl sites for hydroxylation is 1.